The summed E-state index contributed by atoms with van der Waals surface area (Å²) in [5.74, 6) is -3.82. The van der Waals surface area contributed by atoms with E-state index in [1.54, 1.807) is 6.08 Å². The van der Waals surface area contributed by atoms with Crippen LogP contribution in [0.1, 0.15) is 125 Å². The molecule has 3 spiro atoms. The van der Waals surface area contributed by atoms with Crippen LogP contribution in [0.25, 0.3) is 0 Å². The zero-order valence-corrected chi connectivity index (χ0v) is 34.6. The van der Waals surface area contributed by atoms with E-state index in [0.717, 1.165) is 50.7 Å². The van der Waals surface area contributed by atoms with Crippen molar-refractivity contribution in [1.29, 1.82) is 0 Å². The molecule has 13 heteroatoms. The Hall–Kier alpha value is -1.75. The van der Waals surface area contributed by atoms with Crippen molar-refractivity contribution in [3.05, 3.63) is 36.0 Å². The molecule has 0 bridgehead atoms. The fraction of sp³-hybridized carbons (Fsp3) is 0.841. The normalized spacial score (nSPS) is 45.4. The van der Waals surface area contributed by atoms with E-state index in [1.165, 1.54) is 6.92 Å². The zero-order chi connectivity index (χ0) is 40.9. The Morgan fingerprint density at radius 3 is 2.49 bits per heavy atom. The molecule has 7 rings (SSSR count). The molecule has 0 unspecified atom stereocenters. The highest BCUT2D eigenvalue weighted by atomic mass is 16.7. The fourth-order valence-corrected chi connectivity index (χ4v) is 10.5. The van der Waals surface area contributed by atoms with Gasteiger partial charge in [-0.15, -0.1) is 0 Å². The van der Waals surface area contributed by atoms with Crippen LogP contribution >= 0.6 is 0 Å². The monoisotopic (exact) mass is 804 g/mol. The van der Waals surface area contributed by atoms with Gasteiger partial charge in [-0.25, -0.2) is 4.79 Å². The van der Waals surface area contributed by atoms with E-state index in [-0.39, 0.29) is 36.6 Å². The second kappa shape index (κ2) is 17.0. The molecule has 0 aromatic rings. The average molecular weight is 805 g/mol. The molecule has 13 nitrogen and oxygen atoms in total. The van der Waals surface area contributed by atoms with Gasteiger partial charge in [-0.1, -0.05) is 45.1 Å². The lowest BCUT2D eigenvalue weighted by Gasteiger charge is -2.50. The molecule has 7 heterocycles. The van der Waals surface area contributed by atoms with Crippen LogP contribution < -0.4 is 0 Å². The molecule has 0 aromatic heterocycles. The highest BCUT2D eigenvalue weighted by Crippen LogP contribution is 2.47. The molecule has 57 heavy (non-hydrogen) atoms. The molecule has 7 aliphatic heterocycles. The van der Waals surface area contributed by atoms with Crippen molar-refractivity contribution in [2.45, 2.75) is 209 Å². The van der Waals surface area contributed by atoms with Crippen LogP contribution in [0.3, 0.4) is 0 Å². The largest absolute Gasteiger partial charge is 0.479 e. The first kappa shape index (κ1) is 43.3. The van der Waals surface area contributed by atoms with Crippen molar-refractivity contribution in [3.63, 3.8) is 0 Å². The fourth-order valence-electron chi connectivity index (χ4n) is 10.5. The third-order valence-electron chi connectivity index (χ3n) is 14.0. The first-order valence-electron chi connectivity index (χ1n) is 21.7. The number of aliphatic carboxylic acids is 1. The molecule has 0 amide bonds. The molecule has 0 aliphatic carbocycles. The summed E-state index contributed by atoms with van der Waals surface area (Å²) in [7, 11) is 0. The molecular formula is C44H68O13. The van der Waals surface area contributed by atoms with Crippen molar-refractivity contribution >= 4 is 5.97 Å². The number of aliphatic hydroxyl groups is 4. The SMILES string of the molecule is C=C1[C@@H](O)[C@@H]2O[C@]3(CC[C@H](/C=C\[C@@H](C)[C@@H]4CC(C)=C[C@@]5(O[C@H](C[C@@](C)(O)C(=O)O)CC[C@H]5O)O4)O3)CC[C@H]2O[C@@H]1[C@@H](O)C[C@H](C)[C@H]1O[C@@]2(CCCCO2)CC[C@H]1C. The van der Waals surface area contributed by atoms with Crippen LogP contribution in [-0.4, -0.2) is 122 Å². The summed E-state index contributed by atoms with van der Waals surface area (Å²) in [6, 6.07) is 0. The number of aliphatic hydroxyl groups excluding tert-OH is 3. The molecule has 0 aromatic carbocycles. The van der Waals surface area contributed by atoms with Gasteiger partial charge in [-0.2, -0.15) is 0 Å². The number of carboxylic acids is 1. The van der Waals surface area contributed by atoms with Gasteiger partial charge < -0.3 is 58.7 Å². The molecule has 5 N–H and O–H groups in total. The molecule has 7 aliphatic rings. The third kappa shape index (κ3) is 9.15. The number of rotatable bonds is 10. The predicted molar refractivity (Wildman–Crippen MR) is 208 cm³/mol. The van der Waals surface area contributed by atoms with Crippen LogP contribution in [0.2, 0.25) is 0 Å². The second-order valence-corrected chi connectivity index (χ2v) is 18.9. The molecule has 17 atom stereocenters. The number of hydrogen-bond donors (Lipinski definition) is 5. The minimum atomic E-state index is -1.96. The summed E-state index contributed by atoms with van der Waals surface area (Å²) in [5.41, 5.74) is -0.551. The number of carbonyl (C=O) groups is 1. The quantitative estimate of drug-likeness (QED) is 0.182. The lowest BCUT2D eigenvalue weighted by Crippen LogP contribution is -2.60. The lowest BCUT2D eigenvalue weighted by molar-refractivity contribution is -0.321. The van der Waals surface area contributed by atoms with Crippen molar-refractivity contribution in [2.24, 2.45) is 17.8 Å². The van der Waals surface area contributed by atoms with E-state index in [0.29, 0.717) is 56.4 Å². The smallest absolute Gasteiger partial charge is 0.335 e. The predicted octanol–water partition coefficient (Wildman–Crippen LogP) is 5.21. The maximum Gasteiger partial charge on any atom is 0.335 e. The Balaban J connectivity index is 0.920. The van der Waals surface area contributed by atoms with Crippen molar-refractivity contribution in [3.8, 4) is 0 Å². The standard InChI is InChI=1S/C44H68O13/c1-25-21-34(55-44(23-25)35(46)12-11-31(54-44)24-41(6,50)40(48)49)26(2)9-10-30-14-18-43(53-30)19-15-33-39(57-43)36(47)29(5)38(52-33)32(45)22-28(4)37-27(3)13-17-42(56-37)16-7-8-20-51-42/h9-10,23,26-28,30-39,45-47,50H,5,7-8,11-22,24H2,1-4,6H3,(H,48,49)/b10-9-/t26-,27-,28+,30+,31+,32+,33-,34+,35-,36-,37+,38+,39-,41-,42+,43-,44-/m1/s1. The van der Waals surface area contributed by atoms with E-state index in [1.807, 2.05) is 19.9 Å². The van der Waals surface area contributed by atoms with Crippen molar-refractivity contribution < 1.29 is 63.5 Å². The number of ether oxygens (including phenoxy) is 7. The first-order chi connectivity index (χ1) is 26.9. The van der Waals surface area contributed by atoms with E-state index in [4.69, 9.17) is 33.2 Å². The highest BCUT2D eigenvalue weighted by Gasteiger charge is 2.55. The van der Waals surface area contributed by atoms with E-state index in [9.17, 15) is 30.3 Å². The lowest BCUT2D eigenvalue weighted by atomic mass is 9.79. The Morgan fingerprint density at radius 1 is 1.00 bits per heavy atom. The summed E-state index contributed by atoms with van der Waals surface area (Å²) < 4.78 is 45.2. The van der Waals surface area contributed by atoms with E-state index in [2.05, 4.69) is 26.5 Å². The molecule has 0 radical (unpaired) electrons. The van der Waals surface area contributed by atoms with Gasteiger partial charge in [0.1, 0.15) is 24.4 Å². The Kier molecular flexibility index (Phi) is 12.9. The van der Waals surface area contributed by atoms with Crippen LogP contribution in [-0.2, 0) is 38.0 Å². The van der Waals surface area contributed by atoms with Gasteiger partial charge in [-0.05, 0) is 95.1 Å². The molecule has 322 valence electrons. The summed E-state index contributed by atoms with van der Waals surface area (Å²) in [5, 5.41) is 54.0. The van der Waals surface area contributed by atoms with Gasteiger partial charge in [0.25, 0.3) is 0 Å². The van der Waals surface area contributed by atoms with E-state index < -0.39 is 71.7 Å². The van der Waals surface area contributed by atoms with Crippen molar-refractivity contribution in [1.82, 2.24) is 0 Å². The van der Waals surface area contributed by atoms with Crippen LogP contribution in [0.15, 0.2) is 36.0 Å². The molecule has 0 saturated carbocycles. The molecule has 6 saturated heterocycles. The zero-order valence-electron chi connectivity index (χ0n) is 34.6. The van der Waals surface area contributed by atoms with Crippen LogP contribution in [0.5, 0.6) is 0 Å². The Bertz CT molecular complexity index is 1510. The highest BCUT2D eigenvalue weighted by molar-refractivity contribution is 5.76. The van der Waals surface area contributed by atoms with Gasteiger partial charge >= 0.3 is 5.97 Å². The van der Waals surface area contributed by atoms with Gasteiger partial charge in [0.15, 0.2) is 17.2 Å². The molecule has 6 fully saturated rings. The van der Waals surface area contributed by atoms with Gasteiger partial charge in [-0.3, -0.25) is 0 Å². The van der Waals surface area contributed by atoms with Gasteiger partial charge in [0.2, 0.25) is 5.79 Å². The molecular weight excluding hydrogens is 736 g/mol. The number of carboxylic acid groups (broad SMARTS) is 1. The average Bonchev–Trinajstić information content (AvgIpc) is 3.56. The minimum Gasteiger partial charge on any atom is -0.479 e. The first-order valence-corrected chi connectivity index (χ1v) is 21.7. The summed E-state index contributed by atoms with van der Waals surface area (Å²) in [4.78, 5) is 11.6. The minimum absolute atomic E-state index is 0.0423. The summed E-state index contributed by atoms with van der Waals surface area (Å²) in [6.45, 7) is 14.5. The Labute approximate surface area is 337 Å². The van der Waals surface area contributed by atoms with Crippen molar-refractivity contribution in [2.75, 3.05) is 6.61 Å². The maximum absolute atomic E-state index is 11.6. The summed E-state index contributed by atoms with van der Waals surface area (Å²) in [6.07, 6.45) is 9.37. The second-order valence-electron chi connectivity index (χ2n) is 18.9. The maximum atomic E-state index is 11.6. The van der Waals surface area contributed by atoms with Crippen LogP contribution in [0, 0.1) is 17.8 Å². The van der Waals surface area contributed by atoms with Crippen LogP contribution in [0.4, 0.5) is 0 Å². The van der Waals surface area contributed by atoms with Gasteiger partial charge in [0, 0.05) is 38.0 Å². The van der Waals surface area contributed by atoms with Gasteiger partial charge in [0.05, 0.1) is 43.2 Å². The topological polar surface area (TPSA) is 183 Å². The number of fused-ring (bicyclic) bond motifs is 1. The summed E-state index contributed by atoms with van der Waals surface area (Å²) >= 11 is 0. The Morgan fingerprint density at radius 2 is 1.75 bits per heavy atom. The number of hydrogen-bond acceptors (Lipinski definition) is 12. The van der Waals surface area contributed by atoms with E-state index >= 15 is 0 Å². The third-order valence-corrected chi connectivity index (χ3v) is 14.0.